The molecule has 0 bridgehead atoms. The molecule has 0 aliphatic rings. The van der Waals surface area contributed by atoms with Gasteiger partial charge in [0.2, 0.25) is 0 Å². The summed E-state index contributed by atoms with van der Waals surface area (Å²) in [6, 6.07) is 12.7. The summed E-state index contributed by atoms with van der Waals surface area (Å²) in [5.74, 6) is 0. The van der Waals surface area contributed by atoms with E-state index < -0.39 is 6.10 Å². The van der Waals surface area contributed by atoms with Crippen LogP contribution in [-0.4, -0.2) is 10.1 Å². The fourth-order valence-corrected chi connectivity index (χ4v) is 1.61. The number of aliphatic hydroxyl groups is 1. The summed E-state index contributed by atoms with van der Waals surface area (Å²) in [4.78, 5) is 4.14. The Kier molecular flexibility index (Phi) is 3.17. The Bertz CT molecular complexity index is 555. The molecule has 1 heterocycles. The first-order valence-corrected chi connectivity index (χ1v) is 5.31. The van der Waals surface area contributed by atoms with Crippen LogP contribution in [0.15, 0.2) is 42.6 Å². The zero-order valence-electron chi connectivity index (χ0n) is 9.46. The first kappa shape index (κ1) is 11.3. The molecule has 0 fully saturated rings. The molecular weight excluding hydrogens is 212 g/mol. The van der Waals surface area contributed by atoms with Crippen molar-refractivity contribution < 1.29 is 5.11 Å². The first-order valence-electron chi connectivity index (χ1n) is 5.31. The topological polar surface area (TPSA) is 56.9 Å². The van der Waals surface area contributed by atoms with Crippen LogP contribution in [0.5, 0.6) is 0 Å². The number of rotatable bonds is 2. The van der Waals surface area contributed by atoms with E-state index in [-0.39, 0.29) is 0 Å². The molecule has 1 aromatic carbocycles. The molecule has 3 heteroatoms. The highest BCUT2D eigenvalue weighted by molar-refractivity contribution is 5.37. The largest absolute Gasteiger partial charge is 0.384 e. The molecule has 0 aliphatic heterocycles. The summed E-state index contributed by atoms with van der Waals surface area (Å²) in [5, 5.41) is 19.0. The monoisotopic (exact) mass is 224 g/mol. The van der Waals surface area contributed by atoms with Crippen molar-refractivity contribution >= 4 is 0 Å². The standard InChI is InChI=1S/C14H12N2O/c1-10-5-6-13(9-16-10)14(17)12-4-2-3-11(7-12)8-15/h2-7,9,14,17H,1H3. The minimum atomic E-state index is -0.739. The van der Waals surface area contributed by atoms with Crippen LogP contribution in [0.1, 0.15) is 28.5 Å². The summed E-state index contributed by atoms with van der Waals surface area (Å²) >= 11 is 0. The van der Waals surface area contributed by atoms with E-state index in [0.29, 0.717) is 11.1 Å². The molecule has 1 aromatic heterocycles. The molecule has 2 rings (SSSR count). The van der Waals surface area contributed by atoms with Gasteiger partial charge in [-0.3, -0.25) is 4.98 Å². The number of aromatic nitrogens is 1. The molecule has 0 saturated carbocycles. The molecular formula is C14H12N2O. The second kappa shape index (κ2) is 4.77. The van der Waals surface area contributed by atoms with Gasteiger partial charge in [0.05, 0.1) is 11.6 Å². The normalized spacial score (nSPS) is 11.8. The average molecular weight is 224 g/mol. The Morgan fingerprint density at radius 2 is 2.06 bits per heavy atom. The number of pyridine rings is 1. The van der Waals surface area contributed by atoms with Gasteiger partial charge < -0.3 is 5.11 Å². The van der Waals surface area contributed by atoms with Crippen molar-refractivity contribution in [2.75, 3.05) is 0 Å². The number of hydrogen-bond acceptors (Lipinski definition) is 3. The highest BCUT2D eigenvalue weighted by Crippen LogP contribution is 2.21. The zero-order chi connectivity index (χ0) is 12.3. The van der Waals surface area contributed by atoms with Crippen LogP contribution in [0.25, 0.3) is 0 Å². The average Bonchev–Trinajstić information content (AvgIpc) is 2.39. The van der Waals surface area contributed by atoms with Crippen LogP contribution >= 0.6 is 0 Å². The quantitative estimate of drug-likeness (QED) is 0.851. The van der Waals surface area contributed by atoms with Crippen LogP contribution in [0.4, 0.5) is 0 Å². The lowest BCUT2D eigenvalue weighted by Crippen LogP contribution is -2.00. The van der Waals surface area contributed by atoms with Gasteiger partial charge in [-0.15, -0.1) is 0 Å². The van der Waals surface area contributed by atoms with Gasteiger partial charge in [-0.1, -0.05) is 18.2 Å². The molecule has 1 N–H and O–H groups in total. The number of benzene rings is 1. The van der Waals surface area contributed by atoms with E-state index in [0.717, 1.165) is 11.3 Å². The SMILES string of the molecule is Cc1ccc(C(O)c2cccc(C#N)c2)cn1. The van der Waals surface area contributed by atoms with E-state index in [1.54, 1.807) is 30.5 Å². The summed E-state index contributed by atoms with van der Waals surface area (Å²) in [5.41, 5.74) is 2.88. The van der Waals surface area contributed by atoms with Gasteiger partial charge in [-0.05, 0) is 30.7 Å². The number of aryl methyl sites for hydroxylation is 1. The van der Waals surface area contributed by atoms with E-state index >= 15 is 0 Å². The summed E-state index contributed by atoms with van der Waals surface area (Å²) in [6.07, 6.45) is 0.912. The third kappa shape index (κ3) is 2.49. The number of hydrogen-bond donors (Lipinski definition) is 1. The Hall–Kier alpha value is -2.18. The molecule has 1 atom stereocenters. The maximum atomic E-state index is 10.2. The highest BCUT2D eigenvalue weighted by Gasteiger charge is 2.10. The van der Waals surface area contributed by atoms with Crippen molar-refractivity contribution in [2.24, 2.45) is 0 Å². The lowest BCUT2D eigenvalue weighted by Gasteiger charge is -2.11. The van der Waals surface area contributed by atoms with Crippen LogP contribution in [0.2, 0.25) is 0 Å². The maximum absolute atomic E-state index is 10.2. The fraction of sp³-hybridized carbons (Fsp3) is 0.143. The molecule has 3 nitrogen and oxygen atoms in total. The van der Waals surface area contributed by atoms with Gasteiger partial charge in [-0.2, -0.15) is 5.26 Å². The molecule has 2 aromatic rings. The predicted octanol–water partition coefficient (Wildman–Crippen LogP) is 2.34. The molecule has 17 heavy (non-hydrogen) atoms. The van der Waals surface area contributed by atoms with E-state index in [1.165, 1.54) is 0 Å². The van der Waals surface area contributed by atoms with E-state index in [9.17, 15) is 5.11 Å². The van der Waals surface area contributed by atoms with Gasteiger partial charge >= 0.3 is 0 Å². The van der Waals surface area contributed by atoms with Gasteiger partial charge in [0.1, 0.15) is 6.10 Å². The van der Waals surface area contributed by atoms with Crippen LogP contribution in [0.3, 0.4) is 0 Å². The van der Waals surface area contributed by atoms with Crippen molar-refractivity contribution in [1.29, 1.82) is 5.26 Å². The van der Waals surface area contributed by atoms with Crippen LogP contribution < -0.4 is 0 Å². The highest BCUT2D eigenvalue weighted by atomic mass is 16.3. The van der Waals surface area contributed by atoms with Gasteiger partial charge in [-0.25, -0.2) is 0 Å². The van der Waals surface area contributed by atoms with Crippen molar-refractivity contribution in [3.63, 3.8) is 0 Å². The lowest BCUT2D eigenvalue weighted by molar-refractivity contribution is 0.220. The molecule has 0 amide bonds. The third-order valence-electron chi connectivity index (χ3n) is 2.58. The number of aliphatic hydroxyl groups excluding tert-OH is 1. The first-order chi connectivity index (χ1) is 8.20. The van der Waals surface area contributed by atoms with Gasteiger partial charge in [0, 0.05) is 17.5 Å². The minimum absolute atomic E-state index is 0.543. The molecule has 1 unspecified atom stereocenters. The molecule has 0 radical (unpaired) electrons. The number of nitriles is 1. The minimum Gasteiger partial charge on any atom is -0.384 e. The second-order valence-corrected chi connectivity index (χ2v) is 3.87. The molecule has 0 aliphatic carbocycles. The van der Waals surface area contributed by atoms with Gasteiger partial charge in [0.25, 0.3) is 0 Å². The predicted molar refractivity (Wildman–Crippen MR) is 64.2 cm³/mol. The molecule has 84 valence electrons. The van der Waals surface area contributed by atoms with Crippen molar-refractivity contribution in [3.8, 4) is 6.07 Å². The summed E-state index contributed by atoms with van der Waals surface area (Å²) in [7, 11) is 0. The second-order valence-electron chi connectivity index (χ2n) is 3.87. The van der Waals surface area contributed by atoms with E-state index in [2.05, 4.69) is 11.1 Å². The smallest absolute Gasteiger partial charge is 0.106 e. The fourth-order valence-electron chi connectivity index (χ4n) is 1.61. The summed E-state index contributed by atoms with van der Waals surface area (Å²) < 4.78 is 0. The van der Waals surface area contributed by atoms with Crippen molar-refractivity contribution in [3.05, 3.63) is 65.0 Å². The third-order valence-corrected chi connectivity index (χ3v) is 2.58. The lowest BCUT2D eigenvalue weighted by atomic mass is 10.0. The van der Waals surface area contributed by atoms with E-state index in [4.69, 9.17) is 5.26 Å². The Balaban J connectivity index is 2.33. The zero-order valence-corrected chi connectivity index (χ0v) is 9.46. The van der Waals surface area contributed by atoms with Crippen LogP contribution in [0, 0.1) is 18.3 Å². The Morgan fingerprint density at radius 1 is 1.24 bits per heavy atom. The van der Waals surface area contributed by atoms with Crippen molar-refractivity contribution in [2.45, 2.75) is 13.0 Å². The van der Waals surface area contributed by atoms with Crippen molar-refractivity contribution in [1.82, 2.24) is 4.98 Å². The summed E-state index contributed by atoms with van der Waals surface area (Å²) in [6.45, 7) is 1.90. The maximum Gasteiger partial charge on any atom is 0.106 e. The molecule has 0 spiro atoms. The van der Waals surface area contributed by atoms with E-state index in [1.807, 2.05) is 19.1 Å². The molecule has 0 saturated heterocycles. The number of nitrogens with zero attached hydrogens (tertiary/aromatic N) is 2. The Morgan fingerprint density at radius 3 is 2.71 bits per heavy atom. The van der Waals surface area contributed by atoms with Crippen LogP contribution in [-0.2, 0) is 0 Å². The van der Waals surface area contributed by atoms with Gasteiger partial charge in [0.15, 0.2) is 0 Å². The Labute approximate surface area is 100.0 Å².